The zero-order chi connectivity index (χ0) is 10.7. The maximum Gasteiger partial charge on any atom is 0.147 e. The van der Waals surface area contributed by atoms with Gasteiger partial charge in [0.05, 0.1) is 13.2 Å². The highest BCUT2D eigenvalue weighted by Crippen LogP contribution is 2.04. The molecular formula is C10H14N4O. The molecule has 0 aromatic carbocycles. The van der Waals surface area contributed by atoms with Gasteiger partial charge < -0.3 is 9.64 Å². The average molecular weight is 206 g/mol. The molecular weight excluding hydrogens is 192 g/mol. The first-order valence-electron chi connectivity index (χ1n) is 4.98. The Labute approximate surface area is 88.6 Å². The van der Waals surface area contributed by atoms with Crippen molar-refractivity contribution in [3.8, 4) is 0 Å². The highest BCUT2D eigenvalue weighted by Gasteiger charge is 2.16. The zero-order valence-electron chi connectivity index (χ0n) is 8.73. The molecule has 2 rings (SSSR count). The number of morpholine rings is 1. The summed E-state index contributed by atoms with van der Waals surface area (Å²) in [7, 11) is 0. The fourth-order valence-electron chi connectivity index (χ4n) is 1.54. The second kappa shape index (κ2) is 4.35. The van der Waals surface area contributed by atoms with E-state index in [0.717, 1.165) is 13.1 Å². The van der Waals surface area contributed by atoms with Crippen molar-refractivity contribution >= 4 is 5.84 Å². The lowest BCUT2D eigenvalue weighted by Crippen LogP contribution is -2.41. The van der Waals surface area contributed by atoms with Crippen molar-refractivity contribution in [3.05, 3.63) is 23.8 Å². The van der Waals surface area contributed by atoms with E-state index in [-0.39, 0.29) is 0 Å². The van der Waals surface area contributed by atoms with E-state index in [0.29, 0.717) is 30.6 Å². The molecule has 1 aliphatic heterocycles. The number of amidine groups is 1. The smallest absolute Gasteiger partial charge is 0.147 e. The van der Waals surface area contributed by atoms with Gasteiger partial charge in [0.2, 0.25) is 0 Å². The van der Waals surface area contributed by atoms with Gasteiger partial charge in [-0.15, -0.1) is 0 Å². The van der Waals surface area contributed by atoms with Crippen molar-refractivity contribution in [1.29, 1.82) is 5.41 Å². The number of hydrogen-bond donors (Lipinski definition) is 1. The SMILES string of the molecule is Cc1nccc(C(=N)N2CCOCC2)n1. The van der Waals surface area contributed by atoms with E-state index in [4.69, 9.17) is 10.1 Å². The predicted octanol–water partition coefficient (Wildman–Crippen LogP) is 0.443. The lowest BCUT2D eigenvalue weighted by molar-refractivity contribution is 0.0679. The number of aromatic nitrogens is 2. The summed E-state index contributed by atoms with van der Waals surface area (Å²) < 4.78 is 5.24. The molecule has 0 aliphatic carbocycles. The maximum absolute atomic E-state index is 8.00. The van der Waals surface area contributed by atoms with E-state index in [1.54, 1.807) is 12.3 Å². The topological polar surface area (TPSA) is 62.1 Å². The van der Waals surface area contributed by atoms with Gasteiger partial charge in [0.25, 0.3) is 0 Å². The molecule has 1 aliphatic rings. The van der Waals surface area contributed by atoms with Crippen LogP contribution in [0.3, 0.4) is 0 Å². The van der Waals surface area contributed by atoms with Crippen LogP contribution < -0.4 is 0 Å². The predicted molar refractivity (Wildman–Crippen MR) is 56.0 cm³/mol. The van der Waals surface area contributed by atoms with Gasteiger partial charge in [0.15, 0.2) is 0 Å². The first-order chi connectivity index (χ1) is 7.27. The van der Waals surface area contributed by atoms with Crippen molar-refractivity contribution in [1.82, 2.24) is 14.9 Å². The molecule has 5 heteroatoms. The molecule has 2 heterocycles. The molecule has 80 valence electrons. The number of ether oxygens (including phenoxy) is 1. The van der Waals surface area contributed by atoms with E-state index >= 15 is 0 Å². The van der Waals surface area contributed by atoms with Crippen molar-refractivity contribution in [3.63, 3.8) is 0 Å². The minimum absolute atomic E-state index is 0.462. The van der Waals surface area contributed by atoms with Crippen LogP contribution in [0.15, 0.2) is 12.3 Å². The third kappa shape index (κ3) is 2.30. The summed E-state index contributed by atoms with van der Waals surface area (Å²) in [5.74, 6) is 1.16. The highest BCUT2D eigenvalue weighted by atomic mass is 16.5. The molecule has 0 radical (unpaired) electrons. The van der Waals surface area contributed by atoms with Crippen LogP contribution in [0.2, 0.25) is 0 Å². The molecule has 1 aromatic heterocycles. The van der Waals surface area contributed by atoms with Crippen molar-refractivity contribution in [2.24, 2.45) is 0 Å². The largest absolute Gasteiger partial charge is 0.378 e. The van der Waals surface area contributed by atoms with Crippen LogP contribution >= 0.6 is 0 Å². The van der Waals surface area contributed by atoms with E-state index in [1.807, 2.05) is 11.8 Å². The number of nitrogens with one attached hydrogen (secondary N) is 1. The molecule has 1 saturated heterocycles. The molecule has 0 bridgehead atoms. The highest BCUT2D eigenvalue weighted by molar-refractivity contribution is 5.94. The van der Waals surface area contributed by atoms with Crippen LogP contribution in [0.1, 0.15) is 11.5 Å². The molecule has 0 atom stereocenters. The standard InChI is InChI=1S/C10H14N4O/c1-8-12-3-2-9(13-8)10(11)14-4-6-15-7-5-14/h2-3,11H,4-7H2,1H3. The Hall–Kier alpha value is -1.49. The van der Waals surface area contributed by atoms with Crippen LogP contribution in [-0.2, 0) is 4.74 Å². The Morgan fingerprint density at radius 1 is 1.47 bits per heavy atom. The third-order valence-electron chi connectivity index (χ3n) is 2.35. The number of rotatable bonds is 1. The van der Waals surface area contributed by atoms with Crippen LogP contribution in [0.5, 0.6) is 0 Å². The summed E-state index contributed by atoms with van der Waals surface area (Å²) >= 11 is 0. The van der Waals surface area contributed by atoms with Crippen molar-refractivity contribution < 1.29 is 4.74 Å². The summed E-state index contributed by atoms with van der Waals surface area (Å²) in [6.45, 7) is 4.73. The maximum atomic E-state index is 8.00. The second-order valence-corrected chi connectivity index (χ2v) is 3.44. The number of aryl methyl sites for hydroxylation is 1. The van der Waals surface area contributed by atoms with Gasteiger partial charge in [-0.3, -0.25) is 5.41 Å². The quantitative estimate of drug-likeness (QED) is 0.535. The van der Waals surface area contributed by atoms with Crippen LogP contribution in [0, 0.1) is 12.3 Å². The van der Waals surface area contributed by atoms with Crippen molar-refractivity contribution in [2.45, 2.75) is 6.92 Å². The summed E-state index contributed by atoms with van der Waals surface area (Å²) in [6, 6.07) is 1.77. The Morgan fingerprint density at radius 3 is 2.87 bits per heavy atom. The molecule has 0 unspecified atom stereocenters. The Morgan fingerprint density at radius 2 is 2.20 bits per heavy atom. The van der Waals surface area contributed by atoms with Gasteiger partial charge in [-0.25, -0.2) is 9.97 Å². The summed E-state index contributed by atoms with van der Waals surface area (Å²) in [6.07, 6.45) is 1.69. The van der Waals surface area contributed by atoms with Crippen LogP contribution in [-0.4, -0.2) is 47.0 Å². The number of nitrogens with zero attached hydrogens (tertiary/aromatic N) is 3. The fourth-order valence-corrected chi connectivity index (χ4v) is 1.54. The molecule has 1 aromatic rings. The van der Waals surface area contributed by atoms with E-state index in [1.165, 1.54) is 0 Å². The molecule has 15 heavy (non-hydrogen) atoms. The number of hydrogen-bond acceptors (Lipinski definition) is 4. The Balaban J connectivity index is 2.12. The summed E-state index contributed by atoms with van der Waals surface area (Å²) in [4.78, 5) is 10.2. The van der Waals surface area contributed by atoms with Crippen LogP contribution in [0.25, 0.3) is 0 Å². The molecule has 0 spiro atoms. The molecule has 1 N–H and O–H groups in total. The first-order valence-corrected chi connectivity index (χ1v) is 4.98. The van der Waals surface area contributed by atoms with E-state index < -0.39 is 0 Å². The third-order valence-corrected chi connectivity index (χ3v) is 2.35. The lowest BCUT2D eigenvalue weighted by Gasteiger charge is -2.28. The van der Waals surface area contributed by atoms with Gasteiger partial charge in [-0.05, 0) is 13.0 Å². The molecule has 1 fully saturated rings. The van der Waals surface area contributed by atoms with Crippen LogP contribution in [0.4, 0.5) is 0 Å². The van der Waals surface area contributed by atoms with Gasteiger partial charge in [-0.2, -0.15) is 0 Å². The zero-order valence-corrected chi connectivity index (χ0v) is 8.73. The Bertz CT molecular complexity index is 360. The average Bonchev–Trinajstić information content (AvgIpc) is 2.29. The minimum atomic E-state index is 0.462. The van der Waals surface area contributed by atoms with E-state index in [9.17, 15) is 0 Å². The van der Waals surface area contributed by atoms with Gasteiger partial charge >= 0.3 is 0 Å². The van der Waals surface area contributed by atoms with Gasteiger partial charge in [0, 0.05) is 19.3 Å². The molecule has 0 saturated carbocycles. The second-order valence-electron chi connectivity index (χ2n) is 3.44. The van der Waals surface area contributed by atoms with Gasteiger partial charge in [-0.1, -0.05) is 0 Å². The minimum Gasteiger partial charge on any atom is -0.378 e. The monoisotopic (exact) mass is 206 g/mol. The van der Waals surface area contributed by atoms with Crippen molar-refractivity contribution in [2.75, 3.05) is 26.3 Å². The fraction of sp³-hybridized carbons (Fsp3) is 0.500. The normalized spacial score (nSPS) is 16.5. The summed E-state index contributed by atoms with van der Waals surface area (Å²) in [5, 5.41) is 8.00. The van der Waals surface area contributed by atoms with Gasteiger partial charge in [0.1, 0.15) is 17.4 Å². The summed E-state index contributed by atoms with van der Waals surface area (Å²) in [5.41, 5.74) is 0.685. The first kappa shape index (κ1) is 10.0. The molecule has 0 amide bonds. The Kier molecular flexibility index (Phi) is 2.91. The van der Waals surface area contributed by atoms with E-state index in [2.05, 4.69) is 9.97 Å². The molecule has 5 nitrogen and oxygen atoms in total. The lowest BCUT2D eigenvalue weighted by atomic mass is 10.3.